The molecule has 0 aromatic heterocycles. The van der Waals surface area contributed by atoms with Crippen LogP contribution in [0.1, 0.15) is 5.56 Å². The van der Waals surface area contributed by atoms with Crippen molar-refractivity contribution in [1.29, 1.82) is 0 Å². The van der Waals surface area contributed by atoms with Crippen LogP contribution in [0.3, 0.4) is 0 Å². The van der Waals surface area contributed by atoms with E-state index in [-0.39, 0.29) is 0 Å². The lowest BCUT2D eigenvalue weighted by Crippen LogP contribution is -2.30. The summed E-state index contributed by atoms with van der Waals surface area (Å²) in [5, 5.41) is 10.6. The maximum Gasteiger partial charge on any atom is 0.493 e. The maximum absolute atomic E-state index is 9.59. The van der Waals surface area contributed by atoms with Crippen LogP contribution in [0.2, 0.25) is 10.0 Å². The highest BCUT2D eigenvalue weighted by Gasteiger charge is 2.32. The summed E-state index contributed by atoms with van der Waals surface area (Å²) < 4.78 is 5.09. The van der Waals surface area contributed by atoms with Gasteiger partial charge in [-0.1, -0.05) is 23.2 Å². The van der Waals surface area contributed by atoms with Gasteiger partial charge in [-0.2, -0.15) is 0 Å². The number of hydrogen-bond acceptors (Lipinski definition) is 3. The van der Waals surface area contributed by atoms with E-state index in [9.17, 15) is 5.02 Å². The second kappa shape index (κ2) is 3.87. The Morgan fingerprint density at radius 1 is 1.47 bits per heavy atom. The van der Waals surface area contributed by atoms with Crippen LogP contribution in [-0.4, -0.2) is 26.2 Å². The number of anilines is 1. The van der Waals surface area contributed by atoms with Gasteiger partial charge in [-0.25, -0.2) is 0 Å². The number of hydrogen-bond donors (Lipinski definition) is 1. The van der Waals surface area contributed by atoms with Crippen molar-refractivity contribution >= 4 is 41.5 Å². The summed E-state index contributed by atoms with van der Waals surface area (Å²) in [6, 6.07) is 1.79. The van der Waals surface area contributed by atoms with Gasteiger partial charge >= 0.3 is 7.12 Å². The van der Waals surface area contributed by atoms with Crippen molar-refractivity contribution in [3.05, 3.63) is 21.7 Å². The van der Waals surface area contributed by atoms with E-state index in [2.05, 4.69) is 0 Å². The Morgan fingerprint density at radius 3 is 2.73 bits per heavy atom. The second-order valence-electron chi connectivity index (χ2n) is 3.65. The predicted molar refractivity (Wildman–Crippen MR) is 63.2 cm³/mol. The zero-order valence-corrected chi connectivity index (χ0v) is 9.93. The largest absolute Gasteiger partial charge is 0.493 e. The molecule has 80 valence electrons. The zero-order valence-electron chi connectivity index (χ0n) is 8.42. The SMILES string of the molecule is CN(C)c1c(Cl)cc2c(c1Cl)B(O)OC2. The van der Waals surface area contributed by atoms with Crippen LogP contribution in [0.5, 0.6) is 0 Å². The van der Waals surface area contributed by atoms with E-state index < -0.39 is 7.12 Å². The van der Waals surface area contributed by atoms with Gasteiger partial charge in [0.15, 0.2) is 0 Å². The van der Waals surface area contributed by atoms with Gasteiger partial charge in [0, 0.05) is 19.6 Å². The van der Waals surface area contributed by atoms with E-state index in [1.165, 1.54) is 0 Å². The molecule has 1 N–H and O–H groups in total. The van der Waals surface area contributed by atoms with Gasteiger partial charge < -0.3 is 14.6 Å². The molecule has 0 unspecified atom stereocenters. The summed E-state index contributed by atoms with van der Waals surface area (Å²) in [4.78, 5) is 1.82. The molecule has 0 amide bonds. The van der Waals surface area contributed by atoms with Crippen LogP contribution in [0.25, 0.3) is 0 Å². The van der Waals surface area contributed by atoms with Crippen molar-refractivity contribution in [1.82, 2.24) is 0 Å². The Morgan fingerprint density at radius 2 is 2.13 bits per heavy atom. The molecule has 0 atom stereocenters. The molecule has 0 fully saturated rings. The van der Waals surface area contributed by atoms with Gasteiger partial charge in [-0.05, 0) is 11.6 Å². The molecule has 1 aliphatic rings. The molecule has 0 saturated heterocycles. The van der Waals surface area contributed by atoms with Gasteiger partial charge in [-0.15, -0.1) is 0 Å². The van der Waals surface area contributed by atoms with E-state index in [0.29, 0.717) is 27.8 Å². The molecule has 6 heteroatoms. The lowest BCUT2D eigenvalue weighted by atomic mass is 9.79. The minimum Gasteiger partial charge on any atom is -0.423 e. The number of rotatable bonds is 1. The first-order valence-electron chi connectivity index (χ1n) is 4.50. The molecule has 1 aliphatic heterocycles. The predicted octanol–water partition coefficient (Wildman–Crippen LogP) is 1.28. The van der Waals surface area contributed by atoms with Crippen LogP contribution >= 0.6 is 23.2 Å². The van der Waals surface area contributed by atoms with E-state index in [4.69, 9.17) is 27.9 Å². The fraction of sp³-hybridized carbons (Fsp3) is 0.333. The molecule has 0 aliphatic carbocycles. The third-order valence-corrected chi connectivity index (χ3v) is 3.08. The topological polar surface area (TPSA) is 32.7 Å². The van der Waals surface area contributed by atoms with Crippen molar-refractivity contribution in [2.24, 2.45) is 0 Å². The van der Waals surface area contributed by atoms with Crippen LogP contribution in [0, 0.1) is 0 Å². The summed E-state index contributed by atoms with van der Waals surface area (Å²) in [5.74, 6) is 0. The summed E-state index contributed by atoms with van der Waals surface area (Å²) in [6.45, 7) is 0.351. The number of fused-ring (bicyclic) bond motifs is 1. The molecule has 1 aromatic rings. The van der Waals surface area contributed by atoms with E-state index in [1.54, 1.807) is 6.07 Å². The average molecular weight is 246 g/mol. The number of nitrogens with zero attached hydrogens (tertiary/aromatic N) is 1. The first kappa shape index (κ1) is 11.1. The lowest BCUT2D eigenvalue weighted by molar-refractivity contribution is 0.275. The monoisotopic (exact) mass is 245 g/mol. The molecular weight excluding hydrogens is 236 g/mol. The zero-order chi connectivity index (χ0) is 11.2. The Hall–Kier alpha value is -0.415. The highest BCUT2D eigenvalue weighted by Crippen LogP contribution is 2.34. The average Bonchev–Trinajstić information content (AvgIpc) is 2.46. The molecule has 1 heterocycles. The van der Waals surface area contributed by atoms with E-state index in [0.717, 1.165) is 5.56 Å². The van der Waals surface area contributed by atoms with Crippen LogP contribution in [0.4, 0.5) is 5.69 Å². The smallest absolute Gasteiger partial charge is 0.423 e. The molecular formula is C9H10BCl2NO2. The standard InChI is InChI=1S/C9H10BCl2NO2/c1-13(2)9-6(11)3-5-4-15-10(14)7(5)8(9)12/h3,14H,4H2,1-2H3. The Labute approximate surface area is 98.7 Å². The van der Waals surface area contributed by atoms with Gasteiger partial charge in [-0.3, -0.25) is 0 Å². The van der Waals surface area contributed by atoms with E-state index in [1.807, 2.05) is 19.0 Å². The molecule has 1 aromatic carbocycles. The van der Waals surface area contributed by atoms with Crippen molar-refractivity contribution in [2.45, 2.75) is 6.61 Å². The van der Waals surface area contributed by atoms with Crippen LogP contribution in [-0.2, 0) is 11.3 Å². The van der Waals surface area contributed by atoms with Crippen molar-refractivity contribution < 1.29 is 9.68 Å². The minimum absolute atomic E-state index is 0.351. The number of benzene rings is 1. The minimum atomic E-state index is -0.941. The fourth-order valence-corrected chi connectivity index (χ4v) is 2.65. The molecule has 0 bridgehead atoms. The van der Waals surface area contributed by atoms with Crippen molar-refractivity contribution in [3.8, 4) is 0 Å². The first-order chi connectivity index (χ1) is 7.02. The summed E-state index contributed by atoms with van der Waals surface area (Å²) >= 11 is 12.3. The number of halogens is 2. The van der Waals surface area contributed by atoms with Crippen molar-refractivity contribution in [3.63, 3.8) is 0 Å². The molecule has 0 spiro atoms. The Balaban J connectivity index is 2.65. The third-order valence-electron chi connectivity index (χ3n) is 2.41. The van der Waals surface area contributed by atoms with Gasteiger partial charge in [0.05, 0.1) is 22.3 Å². The highest BCUT2D eigenvalue weighted by atomic mass is 35.5. The molecule has 2 rings (SSSR count). The van der Waals surface area contributed by atoms with E-state index >= 15 is 0 Å². The fourth-order valence-electron chi connectivity index (χ4n) is 1.72. The van der Waals surface area contributed by atoms with Gasteiger partial charge in [0.1, 0.15) is 0 Å². The van der Waals surface area contributed by atoms with Gasteiger partial charge in [0.25, 0.3) is 0 Å². The normalized spacial score (nSPS) is 14.3. The maximum atomic E-state index is 9.59. The molecule has 0 saturated carbocycles. The van der Waals surface area contributed by atoms with Crippen LogP contribution < -0.4 is 10.4 Å². The third kappa shape index (κ3) is 1.72. The molecule has 15 heavy (non-hydrogen) atoms. The Kier molecular flexibility index (Phi) is 2.86. The quantitative estimate of drug-likeness (QED) is 0.757. The summed E-state index contributed by atoms with van der Waals surface area (Å²) in [5.41, 5.74) is 2.19. The summed E-state index contributed by atoms with van der Waals surface area (Å²) in [7, 11) is 2.76. The first-order valence-corrected chi connectivity index (χ1v) is 5.25. The molecule has 0 radical (unpaired) electrons. The van der Waals surface area contributed by atoms with Crippen molar-refractivity contribution in [2.75, 3.05) is 19.0 Å². The summed E-state index contributed by atoms with van der Waals surface area (Å²) in [6.07, 6.45) is 0. The Bertz CT molecular complexity index is 408. The second-order valence-corrected chi connectivity index (χ2v) is 4.44. The highest BCUT2D eigenvalue weighted by molar-refractivity contribution is 6.66. The van der Waals surface area contributed by atoms with Crippen LogP contribution in [0.15, 0.2) is 6.07 Å². The molecule has 3 nitrogen and oxygen atoms in total. The van der Waals surface area contributed by atoms with Gasteiger partial charge in [0.2, 0.25) is 0 Å². The lowest BCUT2D eigenvalue weighted by Gasteiger charge is -2.18.